The Morgan fingerprint density at radius 3 is 2.38 bits per heavy atom. The minimum absolute atomic E-state index is 0.0478. The molecule has 8 nitrogen and oxygen atoms in total. The Morgan fingerprint density at radius 1 is 1.07 bits per heavy atom. The number of carbonyl (C=O) groups excluding carboxylic acids is 1. The molecule has 7 N–H and O–H groups in total. The first-order valence-corrected chi connectivity index (χ1v) is 9.99. The average molecular weight is 409 g/mol. The number of carbonyl (C=O) groups is 2. The maximum absolute atomic E-state index is 11.8. The summed E-state index contributed by atoms with van der Waals surface area (Å²) in [7, 11) is 0. The van der Waals surface area contributed by atoms with Gasteiger partial charge >= 0.3 is 5.97 Å². The first-order valence-electron chi connectivity index (χ1n) is 9.99. The number of hydrogen-bond donors (Lipinski definition) is 5. The number of allylic oxidation sites excluding steroid dienone is 5. The van der Waals surface area contributed by atoms with Crippen molar-refractivity contribution in [3.63, 3.8) is 0 Å². The van der Waals surface area contributed by atoms with Crippen molar-refractivity contribution in [3.8, 4) is 0 Å². The normalized spacial score (nSPS) is 13.9. The molecule has 0 radical (unpaired) electrons. The maximum Gasteiger partial charge on any atom is 0.326 e. The minimum Gasteiger partial charge on any atom is -0.480 e. The monoisotopic (exact) mass is 408 g/mol. The van der Waals surface area contributed by atoms with E-state index in [4.69, 9.17) is 16.6 Å². The van der Waals surface area contributed by atoms with Crippen LogP contribution in [0.5, 0.6) is 0 Å². The molecule has 0 aliphatic carbocycles. The van der Waals surface area contributed by atoms with Crippen LogP contribution < -0.4 is 16.8 Å². The van der Waals surface area contributed by atoms with Crippen LogP contribution in [-0.2, 0) is 9.59 Å². The summed E-state index contributed by atoms with van der Waals surface area (Å²) < 4.78 is 0. The van der Waals surface area contributed by atoms with Crippen molar-refractivity contribution in [1.82, 2.24) is 5.32 Å². The second kappa shape index (κ2) is 16.4. The van der Waals surface area contributed by atoms with Crippen molar-refractivity contribution < 1.29 is 19.8 Å². The van der Waals surface area contributed by atoms with Gasteiger partial charge in [-0.1, -0.05) is 44.2 Å². The third kappa shape index (κ3) is 17.2. The Hall–Kier alpha value is -2.61. The summed E-state index contributed by atoms with van der Waals surface area (Å²) in [6.45, 7) is 4.50. The fourth-order valence-corrected chi connectivity index (χ4v) is 2.56. The summed E-state index contributed by atoms with van der Waals surface area (Å²) in [6, 6.07) is -0.990. The number of guanidine groups is 1. The fourth-order valence-electron chi connectivity index (χ4n) is 2.56. The van der Waals surface area contributed by atoms with Crippen molar-refractivity contribution in [2.75, 3.05) is 6.54 Å². The van der Waals surface area contributed by atoms with Gasteiger partial charge in [-0.25, -0.2) is 4.79 Å². The van der Waals surface area contributed by atoms with Crippen LogP contribution in [0.4, 0.5) is 0 Å². The lowest BCUT2D eigenvalue weighted by Gasteiger charge is -2.12. The number of aliphatic hydroxyl groups excluding tert-OH is 1. The van der Waals surface area contributed by atoms with Crippen LogP contribution in [0.2, 0.25) is 0 Å². The smallest absolute Gasteiger partial charge is 0.326 e. The van der Waals surface area contributed by atoms with Crippen LogP contribution in [0.1, 0.15) is 52.4 Å². The number of nitrogens with zero attached hydrogens (tertiary/aromatic N) is 1. The largest absolute Gasteiger partial charge is 0.480 e. The molecule has 0 aromatic carbocycles. The van der Waals surface area contributed by atoms with Crippen molar-refractivity contribution in [3.05, 3.63) is 36.5 Å². The number of amides is 1. The number of aliphatic hydroxyl groups is 1. The number of carboxylic acids is 1. The van der Waals surface area contributed by atoms with Gasteiger partial charge in [0.2, 0.25) is 5.91 Å². The molecule has 0 bridgehead atoms. The number of nitrogens with one attached hydrogen (secondary N) is 1. The quantitative estimate of drug-likeness (QED) is 0.0917. The fraction of sp³-hybridized carbons (Fsp3) is 0.571. The van der Waals surface area contributed by atoms with Gasteiger partial charge in [-0.2, -0.15) is 0 Å². The standard InChI is InChI=1S/C21H36N4O4/c1-16(2)15-17(26)11-8-6-4-3-5-7-9-13-19(27)25-18(20(28)29)12-10-14-24-21(22)23/h3-5,7,9,13,16-18,26H,6,8,10-12,14-15H2,1-2H3,(H,25,27)(H,28,29)(H4,22,23,24)/b4-3+,7-5+,13-9+/t17?,18-/m0/s1. The van der Waals surface area contributed by atoms with E-state index >= 15 is 0 Å². The molecule has 0 heterocycles. The Kier molecular flexibility index (Phi) is 14.9. The highest BCUT2D eigenvalue weighted by Crippen LogP contribution is 2.10. The van der Waals surface area contributed by atoms with Crippen molar-refractivity contribution >= 4 is 17.8 Å². The predicted molar refractivity (Wildman–Crippen MR) is 116 cm³/mol. The molecule has 8 heteroatoms. The predicted octanol–water partition coefficient (Wildman–Crippen LogP) is 1.86. The third-order valence-corrected chi connectivity index (χ3v) is 3.93. The first-order chi connectivity index (χ1) is 13.7. The molecule has 0 aliphatic rings. The van der Waals surface area contributed by atoms with Gasteiger partial charge in [0.25, 0.3) is 0 Å². The average Bonchev–Trinajstić information content (AvgIpc) is 2.61. The molecule has 1 unspecified atom stereocenters. The van der Waals surface area contributed by atoms with E-state index in [1.54, 1.807) is 18.2 Å². The molecule has 0 aromatic heterocycles. The van der Waals surface area contributed by atoms with Crippen molar-refractivity contribution in [2.24, 2.45) is 22.4 Å². The molecule has 0 aromatic rings. The molecule has 0 saturated heterocycles. The summed E-state index contributed by atoms with van der Waals surface area (Å²) in [4.78, 5) is 26.8. The lowest BCUT2D eigenvalue weighted by atomic mass is 10.0. The van der Waals surface area contributed by atoms with Crippen molar-refractivity contribution in [2.45, 2.75) is 64.5 Å². The van der Waals surface area contributed by atoms with Crippen LogP contribution >= 0.6 is 0 Å². The summed E-state index contributed by atoms with van der Waals surface area (Å²) in [6.07, 6.45) is 14.1. The topological polar surface area (TPSA) is 151 Å². The van der Waals surface area contributed by atoms with Gasteiger partial charge in [-0.15, -0.1) is 0 Å². The number of unbranched alkanes of at least 4 members (excludes halogenated alkanes) is 1. The van der Waals surface area contributed by atoms with E-state index in [2.05, 4.69) is 24.2 Å². The summed E-state index contributed by atoms with van der Waals surface area (Å²) in [5, 5.41) is 21.4. The number of aliphatic carboxylic acids is 1. The molecular formula is C21H36N4O4. The van der Waals surface area contributed by atoms with E-state index in [9.17, 15) is 14.7 Å². The zero-order chi connectivity index (χ0) is 22.1. The first kappa shape index (κ1) is 26.4. The van der Waals surface area contributed by atoms with Crippen LogP contribution in [0.15, 0.2) is 41.4 Å². The highest BCUT2D eigenvalue weighted by Gasteiger charge is 2.17. The van der Waals surface area contributed by atoms with E-state index in [0.29, 0.717) is 18.9 Å². The summed E-state index contributed by atoms with van der Waals surface area (Å²) >= 11 is 0. The summed E-state index contributed by atoms with van der Waals surface area (Å²) in [5.41, 5.74) is 10.4. The molecule has 1 amide bonds. The second-order valence-electron chi connectivity index (χ2n) is 7.23. The molecule has 164 valence electrons. The zero-order valence-electron chi connectivity index (χ0n) is 17.5. The lowest BCUT2D eigenvalue weighted by molar-refractivity contribution is -0.141. The molecule has 2 atom stereocenters. The Morgan fingerprint density at radius 2 is 1.76 bits per heavy atom. The van der Waals surface area contributed by atoms with Crippen LogP contribution in [-0.4, -0.2) is 46.7 Å². The molecule has 0 saturated carbocycles. The highest BCUT2D eigenvalue weighted by molar-refractivity contribution is 5.91. The number of aliphatic imine (C=N–C) groups is 1. The number of carboxylic acid groups (broad SMARTS) is 1. The van der Waals surface area contributed by atoms with Crippen LogP contribution in [0.25, 0.3) is 0 Å². The molecular weight excluding hydrogens is 372 g/mol. The maximum atomic E-state index is 11.8. The minimum atomic E-state index is -1.10. The molecule has 0 spiro atoms. The van der Waals surface area contributed by atoms with Crippen LogP contribution in [0.3, 0.4) is 0 Å². The van der Waals surface area contributed by atoms with Gasteiger partial charge < -0.3 is 27.0 Å². The van der Waals surface area contributed by atoms with Gasteiger partial charge in [0.05, 0.1) is 6.10 Å². The zero-order valence-corrected chi connectivity index (χ0v) is 17.5. The van der Waals surface area contributed by atoms with E-state index in [-0.39, 0.29) is 18.5 Å². The van der Waals surface area contributed by atoms with Gasteiger partial charge in [0, 0.05) is 12.6 Å². The number of nitrogens with two attached hydrogens (primary N) is 2. The van der Waals surface area contributed by atoms with Gasteiger partial charge in [0.15, 0.2) is 5.96 Å². The van der Waals surface area contributed by atoms with E-state index in [1.807, 2.05) is 12.2 Å². The molecule has 0 aliphatic heterocycles. The Balaban J connectivity index is 4.12. The Bertz CT molecular complexity index is 593. The number of hydrogen-bond acceptors (Lipinski definition) is 4. The van der Waals surface area contributed by atoms with Gasteiger partial charge in [-0.05, 0) is 44.4 Å². The Labute approximate surface area is 173 Å². The molecule has 0 rings (SSSR count). The van der Waals surface area contributed by atoms with Gasteiger partial charge in [-0.3, -0.25) is 9.79 Å². The van der Waals surface area contributed by atoms with E-state index in [0.717, 1.165) is 25.7 Å². The molecule has 0 fully saturated rings. The highest BCUT2D eigenvalue weighted by atomic mass is 16.4. The summed E-state index contributed by atoms with van der Waals surface area (Å²) in [5.74, 6) is -1.13. The van der Waals surface area contributed by atoms with Gasteiger partial charge in [0.1, 0.15) is 6.04 Å². The third-order valence-electron chi connectivity index (χ3n) is 3.93. The van der Waals surface area contributed by atoms with E-state index in [1.165, 1.54) is 6.08 Å². The van der Waals surface area contributed by atoms with Crippen LogP contribution in [0, 0.1) is 5.92 Å². The van der Waals surface area contributed by atoms with Crippen molar-refractivity contribution in [1.29, 1.82) is 0 Å². The van der Waals surface area contributed by atoms with E-state index < -0.39 is 17.9 Å². The number of rotatable bonds is 15. The second-order valence-corrected chi connectivity index (χ2v) is 7.23. The molecule has 29 heavy (non-hydrogen) atoms. The lowest BCUT2D eigenvalue weighted by Crippen LogP contribution is -2.40. The SMILES string of the molecule is CC(C)CC(O)CCC/C=C/C=C/C=C/C(=O)N[C@@H](CCCN=C(N)N)C(=O)O.